The highest BCUT2D eigenvalue weighted by Gasteiger charge is 2.33. The van der Waals surface area contributed by atoms with E-state index in [-0.39, 0.29) is 23.7 Å². The van der Waals surface area contributed by atoms with Crippen LogP contribution in [0.1, 0.15) is 23.9 Å². The summed E-state index contributed by atoms with van der Waals surface area (Å²) in [6.45, 7) is 4.89. The minimum atomic E-state index is -3.88. The average Bonchev–Trinajstić information content (AvgIpc) is 2.93. The number of methoxy groups -OCH3 is 1. The van der Waals surface area contributed by atoms with Crippen LogP contribution in [0.3, 0.4) is 0 Å². The number of aromatic nitrogens is 1. The fourth-order valence-corrected chi connectivity index (χ4v) is 4.40. The maximum absolute atomic E-state index is 13.2. The molecule has 2 aromatic rings. The van der Waals surface area contributed by atoms with Gasteiger partial charge in [-0.1, -0.05) is 42.4 Å². The average molecular weight is 366 g/mol. The number of carbonyl (C=O) groups excluding carboxylic acids is 1. The molecule has 0 saturated carbocycles. The lowest BCUT2D eigenvalue weighted by molar-refractivity contribution is -0.145. The topological polar surface area (TPSA) is 89.7 Å². The summed E-state index contributed by atoms with van der Waals surface area (Å²) in [6.07, 6.45) is 0. The number of nitrogens with zero attached hydrogens (tertiary/aromatic N) is 2. The second-order valence-electron chi connectivity index (χ2n) is 5.86. The van der Waals surface area contributed by atoms with Crippen LogP contribution in [0.25, 0.3) is 0 Å². The number of aryl methyl sites for hydroxylation is 2. The smallest absolute Gasteiger partial charge is 0.309 e. The summed E-state index contributed by atoms with van der Waals surface area (Å²) in [7, 11) is -2.60. The predicted octanol–water partition coefficient (Wildman–Crippen LogP) is 2.29. The zero-order chi connectivity index (χ0) is 18.6. The van der Waals surface area contributed by atoms with Gasteiger partial charge in [-0.3, -0.25) is 4.79 Å². The van der Waals surface area contributed by atoms with Crippen LogP contribution >= 0.6 is 0 Å². The number of hydrogen-bond donors (Lipinski definition) is 0. The number of ether oxygens (including phenoxy) is 1. The van der Waals surface area contributed by atoms with Gasteiger partial charge < -0.3 is 9.26 Å². The van der Waals surface area contributed by atoms with E-state index >= 15 is 0 Å². The van der Waals surface area contributed by atoms with Crippen molar-refractivity contribution < 1.29 is 22.5 Å². The Hall–Kier alpha value is -2.19. The van der Waals surface area contributed by atoms with E-state index in [1.807, 2.05) is 30.3 Å². The molecule has 0 amide bonds. The van der Waals surface area contributed by atoms with Crippen LogP contribution in [0.2, 0.25) is 0 Å². The molecule has 0 saturated heterocycles. The van der Waals surface area contributed by atoms with Crippen LogP contribution in [0.4, 0.5) is 0 Å². The van der Waals surface area contributed by atoms with Crippen LogP contribution in [-0.2, 0) is 26.1 Å². The molecule has 0 aliphatic carbocycles. The third kappa shape index (κ3) is 4.26. The van der Waals surface area contributed by atoms with Crippen molar-refractivity contribution in [1.29, 1.82) is 0 Å². The number of sulfonamides is 1. The van der Waals surface area contributed by atoms with Gasteiger partial charge >= 0.3 is 5.97 Å². The normalized spacial score (nSPS) is 13.0. The number of rotatable bonds is 7. The molecule has 0 radical (unpaired) electrons. The van der Waals surface area contributed by atoms with Gasteiger partial charge in [-0.15, -0.1) is 0 Å². The Morgan fingerprint density at radius 3 is 2.44 bits per heavy atom. The van der Waals surface area contributed by atoms with E-state index in [0.717, 1.165) is 5.56 Å². The molecule has 0 aliphatic rings. The molecular weight excluding hydrogens is 344 g/mol. The van der Waals surface area contributed by atoms with Crippen LogP contribution in [0.5, 0.6) is 0 Å². The van der Waals surface area contributed by atoms with E-state index in [9.17, 15) is 13.2 Å². The first-order valence-electron chi connectivity index (χ1n) is 7.82. The molecule has 0 N–H and O–H groups in total. The number of benzene rings is 1. The Bertz CT molecular complexity index is 810. The van der Waals surface area contributed by atoms with Crippen LogP contribution in [-0.4, -0.2) is 37.5 Å². The molecular formula is C17H22N2O5S. The zero-order valence-electron chi connectivity index (χ0n) is 14.7. The highest BCUT2D eigenvalue weighted by atomic mass is 32.2. The fourth-order valence-electron chi connectivity index (χ4n) is 2.59. The Kier molecular flexibility index (Phi) is 5.97. The lowest BCUT2D eigenvalue weighted by Crippen LogP contribution is -2.37. The summed E-state index contributed by atoms with van der Waals surface area (Å²) in [6, 6.07) is 9.19. The van der Waals surface area contributed by atoms with E-state index < -0.39 is 21.9 Å². The zero-order valence-corrected chi connectivity index (χ0v) is 15.5. The van der Waals surface area contributed by atoms with Crippen molar-refractivity contribution in [2.45, 2.75) is 32.2 Å². The van der Waals surface area contributed by atoms with Crippen LogP contribution in [0, 0.1) is 19.8 Å². The Morgan fingerprint density at radius 2 is 1.92 bits per heavy atom. The van der Waals surface area contributed by atoms with E-state index in [4.69, 9.17) is 9.26 Å². The summed E-state index contributed by atoms with van der Waals surface area (Å²) < 4.78 is 37.3. The quantitative estimate of drug-likeness (QED) is 0.699. The van der Waals surface area contributed by atoms with Gasteiger partial charge in [0.05, 0.1) is 13.0 Å². The maximum Gasteiger partial charge on any atom is 0.309 e. The minimum Gasteiger partial charge on any atom is -0.469 e. The van der Waals surface area contributed by atoms with Crippen molar-refractivity contribution in [2.24, 2.45) is 5.92 Å². The molecule has 0 aliphatic heterocycles. The van der Waals surface area contributed by atoms with Crippen molar-refractivity contribution in [1.82, 2.24) is 9.46 Å². The molecule has 8 heteroatoms. The predicted molar refractivity (Wildman–Crippen MR) is 91.2 cm³/mol. The molecule has 1 aromatic heterocycles. The first-order chi connectivity index (χ1) is 11.8. The summed E-state index contributed by atoms with van der Waals surface area (Å²) in [5.74, 6) is -0.850. The monoisotopic (exact) mass is 366 g/mol. The summed E-state index contributed by atoms with van der Waals surface area (Å²) >= 11 is 0. The van der Waals surface area contributed by atoms with Gasteiger partial charge in [0.2, 0.25) is 10.0 Å². The van der Waals surface area contributed by atoms with Gasteiger partial charge in [0.25, 0.3) is 0 Å². The Balaban J connectivity index is 2.41. The molecule has 2 rings (SSSR count). The first kappa shape index (κ1) is 19.1. The SMILES string of the molecule is COC(=O)C(C)CN(Cc1ccccc1)S(=O)(=O)c1c(C)noc1C. The molecule has 1 aromatic carbocycles. The number of esters is 1. The molecule has 1 unspecified atom stereocenters. The molecule has 0 fully saturated rings. The molecule has 136 valence electrons. The van der Waals surface area contributed by atoms with Crippen molar-refractivity contribution in [3.05, 3.63) is 47.3 Å². The van der Waals surface area contributed by atoms with E-state index in [0.29, 0.717) is 5.69 Å². The number of carbonyl (C=O) groups is 1. The molecule has 7 nitrogen and oxygen atoms in total. The fraction of sp³-hybridized carbons (Fsp3) is 0.412. The third-order valence-corrected chi connectivity index (χ3v) is 5.91. The Labute approximate surface area is 147 Å². The molecule has 0 spiro atoms. The molecule has 1 heterocycles. The van der Waals surface area contributed by atoms with Gasteiger partial charge in [-0.05, 0) is 19.4 Å². The summed E-state index contributed by atoms with van der Waals surface area (Å²) in [4.78, 5) is 11.8. The van der Waals surface area contributed by atoms with Crippen molar-refractivity contribution in [3.63, 3.8) is 0 Å². The Morgan fingerprint density at radius 1 is 1.28 bits per heavy atom. The van der Waals surface area contributed by atoms with Gasteiger partial charge in [0, 0.05) is 13.1 Å². The number of hydrogen-bond acceptors (Lipinski definition) is 6. The largest absolute Gasteiger partial charge is 0.469 e. The summed E-state index contributed by atoms with van der Waals surface area (Å²) in [5, 5.41) is 3.73. The van der Waals surface area contributed by atoms with Crippen LogP contribution in [0.15, 0.2) is 39.8 Å². The molecule has 1 atom stereocenters. The van der Waals surface area contributed by atoms with E-state index in [1.54, 1.807) is 20.8 Å². The standard InChI is InChI=1S/C17H22N2O5S/c1-12(17(20)23-4)10-19(11-15-8-6-5-7-9-15)25(21,22)16-13(2)18-24-14(16)3/h5-9,12H,10-11H2,1-4H3. The van der Waals surface area contributed by atoms with Crippen molar-refractivity contribution in [3.8, 4) is 0 Å². The lowest BCUT2D eigenvalue weighted by atomic mass is 10.1. The van der Waals surface area contributed by atoms with Crippen LogP contribution < -0.4 is 0 Å². The minimum absolute atomic E-state index is 0.00599. The first-order valence-corrected chi connectivity index (χ1v) is 9.26. The van der Waals surface area contributed by atoms with Gasteiger partial charge in [-0.2, -0.15) is 4.31 Å². The van der Waals surface area contributed by atoms with Gasteiger partial charge in [0.15, 0.2) is 5.76 Å². The highest BCUT2D eigenvalue weighted by molar-refractivity contribution is 7.89. The lowest BCUT2D eigenvalue weighted by Gasteiger charge is -2.24. The van der Waals surface area contributed by atoms with Gasteiger partial charge in [0.1, 0.15) is 10.6 Å². The van der Waals surface area contributed by atoms with E-state index in [2.05, 4.69) is 5.16 Å². The van der Waals surface area contributed by atoms with Gasteiger partial charge in [-0.25, -0.2) is 8.42 Å². The second-order valence-corrected chi connectivity index (χ2v) is 7.74. The van der Waals surface area contributed by atoms with Crippen molar-refractivity contribution >= 4 is 16.0 Å². The van der Waals surface area contributed by atoms with Crippen molar-refractivity contribution in [2.75, 3.05) is 13.7 Å². The second kappa shape index (κ2) is 7.79. The molecule has 25 heavy (non-hydrogen) atoms. The highest BCUT2D eigenvalue weighted by Crippen LogP contribution is 2.25. The maximum atomic E-state index is 13.2. The van der Waals surface area contributed by atoms with E-state index in [1.165, 1.54) is 11.4 Å². The third-order valence-electron chi connectivity index (χ3n) is 3.85. The summed E-state index contributed by atoms with van der Waals surface area (Å²) in [5.41, 5.74) is 1.11. The molecule has 0 bridgehead atoms.